The number of alkyl halides is 3. The lowest BCUT2D eigenvalue weighted by Crippen LogP contribution is -2.30. The Kier molecular flexibility index (Phi) is 15.2. The monoisotopic (exact) mass is 556 g/mol. The maximum atomic E-state index is 13.5. The van der Waals surface area contributed by atoms with Crippen LogP contribution in [0.3, 0.4) is 0 Å². The van der Waals surface area contributed by atoms with Crippen LogP contribution >= 0.6 is 0 Å². The fraction of sp³-hybridized carbons (Fsp3) is 0.438. The minimum absolute atomic E-state index is 0.0325. The molecule has 1 saturated heterocycles. The highest BCUT2D eigenvalue weighted by Gasteiger charge is 2.31. The molecule has 0 aromatic carbocycles. The molecule has 2 aromatic rings. The molecule has 8 heteroatoms. The Morgan fingerprint density at radius 3 is 2.45 bits per heavy atom. The van der Waals surface area contributed by atoms with Crippen LogP contribution in [0.2, 0.25) is 0 Å². The first-order valence-electron chi connectivity index (χ1n) is 13.7. The third kappa shape index (κ3) is 9.78. The topological polar surface area (TPSA) is 50.3 Å². The molecule has 1 N–H and O–H groups in total. The summed E-state index contributed by atoms with van der Waals surface area (Å²) in [4.78, 5) is 11.1. The molecule has 2 aromatic heterocycles. The number of terminal acetylenes is 1. The number of pyridine rings is 2. The molecule has 1 atom stereocenters. The highest BCUT2D eigenvalue weighted by atomic mass is 19.4. The molecular formula is C32H43F3N4O. The highest BCUT2D eigenvalue weighted by molar-refractivity contribution is 5.94. The lowest BCUT2D eigenvalue weighted by atomic mass is 10.0. The van der Waals surface area contributed by atoms with Gasteiger partial charge < -0.3 is 15.0 Å². The van der Waals surface area contributed by atoms with Crippen molar-refractivity contribution < 1.29 is 17.9 Å². The van der Waals surface area contributed by atoms with Crippen LogP contribution in [-0.4, -0.2) is 47.8 Å². The van der Waals surface area contributed by atoms with Crippen molar-refractivity contribution in [3.05, 3.63) is 71.7 Å². The molecular weight excluding hydrogens is 513 g/mol. The van der Waals surface area contributed by atoms with Gasteiger partial charge in [0, 0.05) is 42.5 Å². The first-order chi connectivity index (χ1) is 19.3. The van der Waals surface area contributed by atoms with Gasteiger partial charge in [0.15, 0.2) is 0 Å². The second-order valence-electron chi connectivity index (χ2n) is 8.81. The zero-order chi connectivity index (χ0) is 30.1. The van der Waals surface area contributed by atoms with Gasteiger partial charge in [-0.1, -0.05) is 45.1 Å². The fourth-order valence-electron chi connectivity index (χ4n) is 4.49. The Balaban J connectivity index is 0.00000191. The SMILES string of the molecule is C#C.CC.C\C=C/C(=C\C(=C\CC)C(F)(F)F)C/C=C1/C(Nc2nccc3c(OC)nccc23)CCCCN1C. The summed E-state index contributed by atoms with van der Waals surface area (Å²) < 4.78 is 45.9. The number of methoxy groups -OCH3 is 1. The molecule has 3 rings (SSSR count). The smallest absolute Gasteiger partial charge is 0.416 e. The molecule has 3 heterocycles. The van der Waals surface area contributed by atoms with Crippen LogP contribution < -0.4 is 10.1 Å². The molecule has 0 bridgehead atoms. The van der Waals surface area contributed by atoms with Crippen molar-refractivity contribution in [2.24, 2.45) is 0 Å². The lowest BCUT2D eigenvalue weighted by Gasteiger charge is -2.28. The van der Waals surface area contributed by atoms with Gasteiger partial charge in [-0.25, -0.2) is 9.97 Å². The highest BCUT2D eigenvalue weighted by Crippen LogP contribution is 2.31. The standard InChI is InChI=1S/C28H35F3N4O.C2H6.C2H2/c1-5-9-20(19-21(10-6-2)28(29,30)31)12-13-25-24(11-7-8-18-35(25)3)34-26-22-14-17-33-27(36-4)23(22)15-16-32-26;2*1-2/h5,9-10,13-17,19,24H,6-8,11-12,18H2,1-4H3,(H,32,34);1-2H3;1-2H/b9-5-,20-19+,21-10-,25-13-;;. The van der Waals surface area contributed by atoms with E-state index >= 15 is 0 Å². The Morgan fingerprint density at radius 2 is 1.82 bits per heavy atom. The normalized spacial score (nSPS) is 17.5. The van der Waals surface area contributed by atoms with Crippen molar-refractivity contribution in [2.75, 3.05) is 26.0 Å². The van der Waals surface area contributed by atoms with E-state index in [0.29, 0.717) is 24.3 Å². The van der Waals surface area contributed by atoms with Gasteiger partial charge >= 0.3 is 6.18 Å². The molecule has 1 aliphatic rings. The second kappa shape index (κ2) is 17.8. The van der Waals surface area contributed by atoms with Crippen molar-refractivity contribution in [3.8, 4) is 18.7 Å². The number of fused-ring (bicyclic) bond motifs is 1. The molecule has 0 amide bonds. The summed E-state index contributed by atoms with van der Waals surface area (Å²) in [6.07, 6.45) is 18.8. The number of nitrogens with one attached hydrogen (secondary N) is 1. The van der Waals surface area contributed by atoms with Crippen molar-refractivity contribution in [3.63, 3.8) is 0 Å². The molecule has 40 heavy (non-hydrogen) atoms. The van der Waals surface area contributed by atoms with E-state index in [0.717, 1.165) is 48.1 Å². The Labute approximate surface area is 237 Å². The van der Waals surface area contributed by atoms with E-state index < -0.39 is 11.7 Å². The Morgan fingerprint density at radius 1 is 1.15 bits per heavy atom. The average molecular weight is 557 g/mol. The molecule has 218 valence electrons. The van der Waals surface area contributed by atoms with Gasteiger partial charge in [-0.2, -0.15) is 13.2 Å². The van der Waals surface area contributed by atoms with Gasteiger partial charge in [0.2, 0.25) is 5.88 Å². The number of ether oxygens (including phenoxy) is 1. The van der Waals surface area contributed by atoms with Crippen molar-refractivity contribution in [2.45, 2.75) is 72.0 Å². The summed E-state index contributed by atoms with van der Waals surface area (Å²) in [5.41, 5.74) is 1.05. The first-order valence-corrected chi connectivity index (χ1v) is 13.7. The van der Waals surface area contributed by atoms with E-state index in [4.69, 9.17) is 4.74 Å². The fourth-order valence-corrected chi connectivity index (χ4v) is 4.49. The lowest BCUT2D eigenvalue weighted by molar-refractivity contribution is -0.0884. The summed E-state index contributed by atoms with van der Waals surface area (Å²) >= 11 is 0. The predicted octanol–water partition coefficient (Wildman–Crippen LogP) is 8.49. The molecule has 1 aliphatic heterocycles. The van der Waals surface area contributed by atoms with E-state index in [9.17, 15) is 13.2 Å². The molecule has 0 spiro atoms. The first kappa shape index (κ1) is 34.3. The molecule has 1 fully saturated rings. The number of hydrogen-bond acceptors (Lipinski definition) is 5. The van der Waals surface area contributed by atoms with Crippen LogP contribution in [0.5, 0.6) is 5.88 Å². The number of aromatic nitrogens is 2. The number of anilines is 1. The summed E-state index contributed by atoms with van der Waals surface area (Å²) in [5, 5.41) is 5.38. The number of halogens is 3. The molecule has 0 saturated carbocycles. The maximum Gasteiger partial charge on any atom is 0.416 e. The van der Waals surface area contributed by atoms with Crippen LogP contribution in [0.4, 0.5) is 19.0 Å². The van der Waals surface area contributed by atoms with Crippen molar-refractivity contribution in [1.29, 1.82) is 0 Å². The van der Waals surface area contributed by atoms with E-state index in [1.54, 1.807) is 38.6 Å². The van der Waals surface area contributed by atoms with Crippen LogP contribution in [0.25, 0.3) is 10.8 Å². The maximum absolute atomic E-state index is 13.5. The predicted molar refractivity (Wildman–Crippen MR) is 161 cm³/mol. The van der Waals surface area contributed by atoms with Crippen molar-refractivity contribution >= 4 is 16.6 Å². The van der Waals surface area contributed by atoms with E-state index in [-0.39, 0.29) is 6.04 Å². The number of rotatable bonds is 8. The zero-order valence-electron chi connectivity index (χ0n) is 24.6. The summed E-state index contributed by atoms with van der Waals surface area (Å²) in [6.45, 7) is 8.41. The van der Waals surface area contributed by atoms with E-state index in [1.807, 2.05) is 46.0 Å². The minimum atomic E-state index is -4.38. The third-order valence-corrected chi connectivity index (χ3v) is 6.21. The van der Waals surface area contributed by atoms with Gasteiger partial charge in [0.05, 0.1) is 18.7 Å². The zero-order valence-corrected chi connectivity index (χ0v) is 24.6. The number of likely N-dealkylation sites (tertiary alicyclic amines) is 1. The van der Waals surface area contributed by atoms with Crippen LogP contribution in [0, 0.1) is 12.8 Å². The molecule has 5 nitrogen and oxygen atoms in total. The van der Waals surface area contributed by atoms with Gasteiger partial charge in [-0.3, -0.25) is 0 Å². The van der Waals surface area contributed by atoms with E-state index in [2.05, 4.69) is 33.0 Å². The Hall–Kier alpha value is -3.73. The van der Waals surface area contributed by atoms with Crippen molar-refractivity contribution in [1.82, 2.24) is 14.9 Å². The van der Waals surface area contributed by atoms with Crippen LogP contribution in [0.15, 0.2) is 71.7 Å². The number of hydrogen-bond donors (Lipinski definition) is 1. The van der Waals surface area contributed by atoms with Crippen LogP contribution in [0.1, 0.15) is 59.8 Å². The van der Waals surface area contributed by atoms with Gasteiger partial charge in [0.1, 0.15) is 5.82 Å². The summed E-state index contributed by atoms with van der Waals surface area (Å²) in [7, 11) is 3.62. The van der Waals surface area contributed by atoms with E-state index in [1.165, 1.54) is 12.2 Å². The third-order valence-electron chi connectivity index (χ3n) is 6.21. The van der Waals surface area contributed by atoms with Gasteiger partial charge in [-0.15, -0.1) is 12.8 Å². The summed E-state index contributed by atoms with van der Waals surface area (Å²) in [6, 6.07) is 3.75. The average Bonchev–Trinajstić information content (AvgIpc) is 3.13. The number of likely N-dealkylation sites (N-methyl/N-ethyl adjacent to an activating group) is 1. The largest absolute Gasteiger partial charge is 0.481 e. The molecule has 1 unspecified atom stereocenters. The second-order valence-corrected chi connectivity index (χ2v) is 8.81. The minimum Gasteiger partial charge on any atom is -0.481 e. The number of allylic oxidation sites excluding steroid dienone is 7. The quantitative estimate of drug-likeness (QED) is 0.261. The van der Waals surface area contributed by atoms with Crippen LogP contribution in [-0.2, 0) is 0 Å². The summed E-state index contributed by atoms with van der Waals surface area (Å²) in [5.74, 6) is 1.27. The van der Waals surface area contributed by atoms with Gasteiger partial charge in [-0.05, 0) is 62.8 Å². The molecule has 0 aliphatic carbocycles. The molecule has 0 radical (unpaired) electrons. The Bertz CT molecular complexity index is 1200. The number of nitrogens with zero attached hydrogens (tertiary/aromatic N) is 3. The van der Waals surface area contributed by atoms with Gasteiger partial charge in [0.25, 0.3) is 0 Å².